The average Bonchev–Trinajstić information content (AvgIpc) is 3.38. The molecule has 2 atom stereocenters. The minimum absolute atomic E-state index is 0.0176. The lowest BCUT2D eigenvalue weighted by Gasteiger charge is -2.09. The van der Waals surface area contributed by atoms with Gasteiger partial charge in [-0.15, -0.1) is 0 Å². The second-order valence-corrected chi connectivity index (χ2v) is 8.86. The van der Waals surface area contributed by atoms with Crippen molar-refractivity contribution in [1.82, 2.24) is 34.3 Å². The SMILES string of the molecule is O=c1[nH]cc(-c2cc([C@H]3C[C@@H]3c3ccc4cnn(CC(F)(F)F)c4c3)c3ncc(Cl)n3n2)c(=O)[nH]1. The molecule has 0 saturated heterocycles. The Hall–Kier alpha value is -3.93. The molecule has 1 aliphatic rings. The van der Waals surface area contributed by atoms with Crippen LogP contribution in [0.15, 0.2) is 52.4 Å². The number of nitrogens with one attached hydrogen (secondary N) is 2. The molecule has 178 valence electrons. The van der Waals surface area contributed by atoms with Crippen LogP contribution < -0.4 is 11.2 Å². The minimum atomic E-state index is -4.38. The van der Waals surface area contributed by atoms with Gasteiger partial charge in [0, 0.05) is 17.1 Å². The highest BCUT2D eigenvalue weighted by Crippen LogP contribution is 2.56. The average molecular weight is 502 g/mol. The van der Waals surface area contributed by atoms with Crippen molar-refractivity contribution in [3.63, 3.8) is 0 Å². The lowest BCUT2D eigenvalue weighted by Crippen LogP contribution is -2.23. The van der Waals surface area contributed by atoms with E-state index in [1.54, 1.807) is 18.2 Å². The second-order valence-electron chi connectivity index (χ2n) is 8.47. The second kappa shape index (κ2) is 7.54. The van der Waals surface area contributed by atoms with Crippen LogP contribution in [0.2, 0.25) is 5.15 Å². The quantitative estimate of drug-likeness (QED) is 0.390. The summed E-state index contributed by atoms with van der Waals surface area (Å²) >= 11 is 6.26. The van der Waals surface area contributed by atoms with Crippen molar-refractivity contribution in [2.24, 2.45) is 0 Å². The van der Waals surface area contributed by atoms with Gasteiger partial charge >= 0.3 is 11.9 Å². The molecule has 0 bridgehead atoms. The summed E-state index contributed by atoms with van der Waals surface area (Å²) in [5, 5.41) is 9.17. The number of hydrogen-bond acceptors (Lipinski definition) is 5. The molecular weight excluding hydrogens is 487 g/mol. The summed E-state index contributed by atoms with van der Waals surface area (Å²) < 4.78 is 41.2. The Bertz CT molecular complexity index is 1730. The third-order valence-corrected chi connectivity index (χ3v) is 6.42. The third kappa shape index (κ3) is 3.79. The highest BCUT2D eigenvalue weighted by Gasteiger charge is 2.42. The summed E-state index contributed by atoms with van der Waals surface area (Å²) in [6.07, 6.45) is 0.500. The molecule has 2 N–H and O–H groups in total. The monoisotopic (exact) mass is 501 g/mol. The molecule has 4 aromatic heterocycles. The van der Waals surface area contributed by atoms with Gasteiger partial charge in [0.25, 0.3) is 5.56 Å². The summed E-state index contributed by atoms with van der Waals surface area (Å²) in [7, 11) is 0. The summed E-state index contributed by atoms with van der Waals surface area (Å²) in [5.41, 5.74) is 1.83. The molecule has 0 aliphatic heterocycles. The van der Waals surface area contributed by atoms with Crippen LogP contribution in [0.25, 0.3) is 27.8 Å². The lowest BCUT2D eigenvalue weighted by molar-refractivity contribution is -0.141. The number of alkyl halides is 3. The molecule has 1 saturated carbocycles. The maximum Gasteiger partial charge on any atom is 0.408 e. The van der Waals surface area contributed by atoms with E-state index in [0.29, 0.717) is 22.2 Å². The zero-order valence-electron chi connectivity index (χ0n) is 17.7. The third-order valence-electron chi connectivity index (χ3n) is 6.17. The predicted molar refractivity (Wildman–Crippen MR) is 121 cm³/mol. The van der Waals surface area contributed by atoms with E-state index in [1.165, 1.54) is 23.1 Å². The van der Waals surface area contributed by atoms with Crippen LogP contribution in [0.4, 0.5) is 13.2 Å². The van der Waals surface area contributed by atoms with Gasteiger partial charge in [-0.05, 0) is 36.0 Å². The van der Waals surface area contributed by atoms with Crippen LogP contribution in [0.5, 0.6) is 0 Å². The van der Waals surface area contributed by atoms with Gasteiger partial charge in [-0.25, -0.2) is 14.3 Å². The van der Waals surface area contributed by atoms with Crippen LogP contribution in [0.3, 0.4) is 0 Å². The molecule has 1 aromatic carbocycles. The standard InChI is InChI=1S/C22H15ClF3N7O2/c23-18-8-27-19-14(5-16(31-33(18)19)15-7-28-21(35)30-20(15)34)13-4-12(13)10-1-2-11-6-29-32(17(11)3-10)9-22(24,25)26/h1-3,5-8,12-13H,4,9H2,(H2,28,30,34,35)/t12-,13+/m1/s1. The van der Waals surface area contributed by atoms with Gasteiger partial charge in [0.05, 0.1) is 29.2 Å². The Morgan fingerprint density at radius 1 is 1.14 bits per heavy atom. The first-order valence-corrected chi connectivity index (χ1v) is 10.9. The van der Waals surface area contributed by atoms with Gasteiger partial charge in [0.2, 0.25) is 0 Å². The van der Waals surface area contributed by atoms with Gasteiger partial charge < -0.3 is 4.98 Å². The molecule has 13 heteroatoms. The fourth-order valence-electron chi connectivity index (χ4n) is 4.49. The summed E-state index contributed by atoms with van der Waals surface area (Å²) in [6.45, 7) is -1.16. The van der Waals surface area contributed by atoms with Gasteiger partial charge in [0.15, 0.2) is 10.8 Å². The van der Waals surface area contributed by atoms with Crippen molar-refractivity contribution in [3.8, 4) is 11.3 Å². The Labute approximate surface area is 198 Å². The normalized spacial score (nSPS) is 17.9. The van der Waals surface area contributed by atoms with Gasteiger partial charge in [0.1, 0.15) is 6.54 Å². The molecule has 1 fully saturated rings. The van der Waals surface area contributed by atoms with Crippen molar-refractivity contribution in [3.05, 3.63) is 80.0 Å². The number of aromatic amines is 2. The van der Waals surface area contributed by atoms with Gasteiger partial charge in [-0.1, -0.05) is 23.7 Å². The number of imidazole rings is 1. The molecule has 0 unspecified atom stereocenters. The Morgan fingerprint density at radius 3 is 2.74 bits per heavy atom. The number of fused-ring (bicyclic) bond motifs is 2. The number of hydrogen-bond donors (Lipinski definition) is 2. The van der Waals surface area contributed by atoms with Crippen LogP contribution in [0.1, 0.15) is 29.4 Å². The topological polar surface area (TPSA) is 114 Å². The number of halogens is 4. The first-order valence-electron chi connectivity index (χ1n) is 10.6. The lowest BCUT2D eigenvalue weighted by atomic mass is 10.0. The molecule has 0 radical (unpaired) electrons. The molecule has 35 heavy (non-hydrogen) atoms. The molecule has 0 spiro atoms. The van der Waals surface area contributed by atoms with E-state index in [-0.39, 0.29) is 22.6 Å². The zero-order chi connectivity index (χ0) is 24.5. The van der Waals surface area contributed by atoms with E-state index in [0.717, 1.165) is 22.2 Å². The smallest absolute Gasteiger partial charge is 0.313 e. The summed E-state index contributed by atoms with van der Waals surface area (Å²) in [4.78, 5) is 32.7. The van der Waals surface area contributed by atoms with Crippen LogP contribution in [-0.4, -0.2) is 40.5 Å². The van der Waals surface area contributed by atoms with Crippen molar-refractivity contribution in [2.45, 2.75) is 31.0 Å². The van der Waals surface area contributed by atoms with Gasteiger partial charge in [-0.2, -0.15) is 23.4 Å². The molecule has 4 heterocycles. The van der Waals surface area contributed by atoms with Crippen molar-refractivity contribution < 1.29 is 13.2 Å². The minimum Gasteiger partial charge on any atom is -0.313 e. The zero-order valence-corrected chi connectivity index (χ0v) is 18.4. The number of aromatic nitrogens is 7. The fraction of sp³-hybridized carbons (Fsp3) is 0.227. The highest BCUT2D eigenvalue weighted by atomic mass is 35.5. The molecule has 9 nitrogen and oxygen atoms in total. The Morgan fingerprint density at radius 2 is 1.97 bits per heavy atom. The first kappa shape index (κ1) is 21.6. The molecule has 1 aliphatic carbocycles. The maximum atomic E-state index is 12.9. The molecule has 6 rings (SSSR count). The molecular formula is C22H15ClF3N7O2. The van der Waals surface area contributed by atoms with E-state index in [9.17, 15) is 22.8 Å². The van der Waals surface area contributed by atoms with E-state index in [1.807, 2.05) is 6.07 Å². The number of H-pyrrole nitrogens is 2. The van der Waals surface area contributed by atoms with Crippen LogP contribution in [-0.2, 0) is 6.54 Å². The van der Waals surface area contributed by atoms with E-state index < -0.39 is 24.0 Å². The molecule has 5 aromatic rings. The van der Waals surface area contributed by atoms with Crippen LogP contribution >= 0.6 is 11.6 Å². The van der Waals surface area contributed by atoms with Crippen molar-refractivity contribution >= 4 is 28.2 Å². The van der Waals surface area contributed by atoms with Crippen molar-refractivity contribution in [2.75, 3.05) is 0 Å². The fourth-order valence-corrected chi connectivity index (χ4v) is 4.66. The Balaban J connectivity index is 1.41. The van der Waals surface area contributed by atoms with E-state index >= 15 is 0 Å². The van der Waals surface area contributed by atoms with E-state index in [4.69, 9.17) is 11.6 Å². The van der Waals surface area contributed by atoms with Crippen LogP contribution in [0, 0.1) is 0 Å². The van der Waals surface area contributed by atoms with Crippen molar-refractivity contribution in [1.29, 1.82) is 0 Å². The maximum absolute atomic E-state index is 12.9. The number of nitrogens with zero attached hydrogens (tertiary/aromatic N) is 5. The largest absolute Gasteiger partial charge is 0.408 e. The highest BCUT2D eigenvalue weighted by molar-refractivity contribution is 6.29. The number of rotatable bonds is 4. The predicted octanol–water partition coefficient (Wildman–Crippen LogP) is 3.61. The summed E-state index contributed by atoms with van der Waals surface area (Å²) in [6, 6.07) is 7.12. The Kier molecular flexibility index (Phi) is 4.65. The molecule has 0 amide bonds. The number of benzene rings is 1. The summed E-state index contributed by atoms with van der Waals surface area (Å²) in [5.74, 6) is 0.00743. The first-order chi connectivity index (χ1) is 16.7. The van der Waals surface area contributed by atoms with Gasteiger partial charge in [-0.3, -0.25) is 14.5 Å². The van der Waals surface area contributed by atoms with E-state index in [2.05, 4.69) is 25.1 Å².